The van der Waals surface area contributed by atoms with Gasteiger partial charge in [0.25, 0.3) is 0 Å². The first-order chi connectivity index (χ1) is 8.83. The van der Waals surface area contributed by atoms with Gasteiger partial charge in [-0.2, -0.15) is 0 Å². The van der Waals surface area contributed by atoms with Crippen LogP contribution in [0.15, 0.2) is 12.4 Å². The van der Waals surface area contributed by atoms with Crippen LogP contribution in [-0.4, -0.2) is 42.2 Å². The summed E-state index contributed by atoms with van der Waals surface area (Å²) in [5, 5.41) is 6.67. The molecule has 1 aliphatic carbocycles. The number of hydrogen-bond acceptors (Lipinski definition) is 5. The van der Waals surface area contributed by atoms with Crippen molar-refractivity contribution in [3.8, 4) is 0 Å². The summed E-state index contributed by atoms with van der Waals surface area (Å²) in [4.78, 5) is 11.0. The lowest BCUT2D eigenvalue weighted by molar-refractivity contribution is 0.471. The predicted octanol–water partition coefficient (Wildman–Crippen LogP) is 1.24. The maximum atomic E-state index is 4.39. The highest BCUT2D eigenvalue weighted by Gasteiger charge is 2.21. The van der Waals surface area contributed by atoms with Crippen molar-refractivity contribution in [2.24, 2.45) is 0 Å². The van der Waals surface area contributed by atoms with E-state index in [1.807, 2.05) is 0 Å². The quantitative estimate of drug-likeness (QED) is 0.838. The van der Waals surface area contributed by atoms with Crippen molar-refractivity contribution in [2.45, 2.75) is 37.8 Å². The standard InChI is InChI=1S/C13H21N5/c1-18(11-4-2-3-5-11)13-6-12(15-9-16-13)17-10-7-14-8-10/h6,9-11,14H,2-5,7-8H2,1H3,(H,15,16,17). The first-order valence-electron chi connectivity index (χ1n) is 6.85. The fourth-order valence-corrected chi connectivity index (χ4v) is 2.70. The molecule has 1 saturated heterocycles. The van der Waals surface area contributed by atoms with Gasteiger partial charge in [0, 0.05) is 32.2 Å². The molecule has 1 aromatic rings. The van der Waals surface area contributed by atoms with Gasteiger partial charge in [-0.05, 0) is 12.8 Å². The average molecular weight is 247 g/mol. The van der Waals surface area contributed by atoms with Crippen molar-refractivity contribution in [3.63, 3.8) is 0 Å². The second kappa shape index (κ2) is 5.10. The van der Waals surface area contributed by atoms with Crippen molar-refractivity contribution in [2.75, 3.05) is 30.4 Å². The van der Waals surface area contributed by atoms with E-state index in [-0.39, 0.29) is 0 Å². The van der Waals surface area contributed by atoms with E-state index < -0.39 is 0 Å². The molecule has 5 heteroatoms. The lowest BCUT2D eigenvalue weighted by atomic mass is 10.2. The Morgan fingerprint density at radius 1 is 1.28 bits per heavy atom. The van der Waals surface area contributed by atoms with E-state index in [9.17, 15) is 0 Å². The molecule has 0 amide bonds. The highest BCUT2D eigenvalue weighted by atomic mass is 15.2. The normalized spacial score (nSPS) is 20.7. The van der Waals surface area contributed by atoms with Crippen molar-refractivity contribution in [1.82, 2.24) is 15.3 Å². The van der Waals surface area contributed by atoms with E-state index in [0.29, 0.717) is 12.1 Å². The van der Waals surface area contributed by atoms with Gasteiger partial charge in [-0.1, -0.05) is 12.8 Å². The molecule has 3 rings (SSSR count). The van der Waals surface area contributed by atoms with Gasteiger partial charge in [0.1, 0.15) is 18.0 Å². The minimum Gasteiger partial charge on any atom is -0.365 e. The van der Waals surface area contributed by atoms with Crippen LogP contribution in [0.25, 0.3) is 0 Å². The Bertz CT molecular complexity index is 398. The molecule has 2 heterocycles. The van der Waals surface area contributed by atoms with Gasteiger partial charge >= 0.3 is 0 Å². The minimum atomic E-state index is 0.518. The Labute approximate surface area is 108 Å². The Kier molecular flexibility index (Phi) is 3.32. The van der Waals surface area contributed by atoms with Gasteiger partial charge in [0.2, 0.25) is 0 Å². The second-order valence-electron chi connectivity index (χ2n) is 5.31. The van der Waals surface area contributed by atoms with Crippen LogP contribution in [0.4, 0.5) is 11.6 Å². The predicted molar refractivity (Wildman–Crippen MR) is 73.0 cm³/mol. The zero-order chi connectivity index (χ0) is 12.4. The smallest absolute Gasteiger partial charge is 0.134 e. The highest BCUT2D eigenvalue weighted by molar-refractivity contribution is 5.49. The molecule has 0 spiro atoms. The van der Waals surface area contributed by atoms with Gasteiger partial charge in [-0.25, -0.2) is 9.97 Å². The molecule has 0 bridgehead atoms. The molecule has 2 fully saturated rings. The number of rotatable bonds is 4. The van der Waals surface area contributed by atoms with Gasteiger partial charge in [-0.15, -0.1) is 0 Å². The molecular formula is C13H21N5. The SMILES string of the molecule is CN(c1cc(NC2CNC2)ncn1)C1CCCC1. The maximum Gasteiger partial charge on any atom is 0.134 e. The van der Waals surface area contributed by atoms with Crippen molar-refractivity contribution in [3.05, 3.63) is 12.4 Å². The summed E-state index contributed by atoms with van der Waals surface area (Å²) in [6, 6.07) is 3.24. The van der Waals surface area contributed by atoms with E-state index in [4.69, 9.17) is 0 Å². The molecule has 5 nitrogen and oxygen atoms in total. The fourth-order valence-electron chi connectivity index (χ4n) is 2.70. The monoisotopic (exact) mass is 247 g/mol. The van der Waals surface area contributed by atoms with E-state index >= 15 is 0 Å². The summed E-state index contributed by atoms with van der Waals surface area (Å²) in [6.45, 7) is 2.05. The number of aromatic nitrogens is 2. The van der Waals surface area contributed by atoms with Crippen LogP contribution >= 0.6 is 0 Å². The Balaban J connectivity index is 1.68. The Morgan fingerprint density at radius 3 is 2.72 bits per heavy atom. The molecule has 18 heavy (non-hydrogen) atoms. The van der Waals surface area contributed by atoms with Crippen LogP contribution in [0.2, 0.25) is 0 Å². The van der Waals surface area contributed by atoms with Crippen LogP contribution in [0.3, 0.4) is 0 Å². The van der Waals surface area contributed by atoms with Gasteiger partial charge in [-0.3, -0.25) is 0 Å². The third-order valence-electron chi connectivity index (χ3n) is 4.02. The van der Waals surface area contributed by atoms with E-state index in [1.165, 1.54) is 25.7 Å². The lowest BCUT2D eigenvalue weighted by Crippen LogP contribution is -2.51. The summed E-state index contributed by atoms with van der Waals surface area (Å²) in [5.41, 5.74) is 0. The summed E-state index contributed by atoms with van der Waals surface area (Å²) in [6.07, 6.45) is 6.93. The van der Waals surface area contributed by atoms with Gasteiger partial charge in [0.15, 0.2) is 0 Å². The molecule has 98 valence electrons. The Hall–Kier alpha value is -1.36. The Morgan fingerprint density at radius 2 is 2.06 bits per heavy atom. The molecular weight excluding hydrogens is 226 g/mol. The third-order valence-corrected chi connectivity index (χ3v) is 4.02. The number of anilines is 2. The van der Waals surface area contributed by atoms with Crippen molar-refractivity contribution < 1.29 is 0 Å². The molecule has 0 aromatic carbocycles. The molecule has 1 aliphatic heterocycles. The molecule has 1 aromatic heterocycles. The topological polar surface area (TPSA) is 53.1 Å². The van der Waals surface area contributed by atoms with Crippen LogP contribution in [0.1, 0.15) is 25.7 Å². The molecule has 1 saturated carbocycles. The van der Waals surface area contributed by atoms with E-state index in [1.54, 1.807) is 6.33 Å². The van der Waals surface area contributed by atoms with Crippen LogP contribution in [0.5, 0.6) is 0 Å². The number of nitrogens with one attached hydrogen (secondary N) is 2. The molecule has 2 N–H and O–H groups in total. The van der Waals surface area contributed by atoms with E-state index in [2.05, 4.69) is 38.6 Å². The third kappa shape index (κ3) is 2.41. The maximum absolute atomic E-state index is 4.39. The minimum absolute atomic E-state index is 0.518. The van der Waals surface area contributed by atoms with Crippen LogP contribution in [0, 0.1) is 0 Å². The zero-order valence-electron chi connectivity index (χ0n) is 10.9. The van der Waals surface area contributed by atoms with Crippen LogP contribution < -0.4 is 15.5 Å². The highest BCUT2D eigenvalue weighted by Crippen LogP contribution is 2.26. The summed E-state index contributed by atoms with van der Waals surface area (Å²) >= 11 is 0. The fraction of sp³-hybridized carbons (Fsp3) is 0.692. The molecule has 2 aliphatic rings. The second-order valence-corrected chi connectivity index (χ2v) is 5.31. The van der Waals surface area contributed by atoms with Gasteiger partial charge in [0.05, 0.1) is 6.04 Å². The van der Waals surface area contributed by atoms with E-state index in [0.717, 1.165) is 24.7 Å². The van der Waals surface area contributed by atoms with Crippen molar-refractivity contribution >= 4 is 11.6 Å². The largest absolute Gasteiger partial charge is 0.365 e. The molecule has 0 radical (unpaired) electrons. The molecule has 0 atom stereocenters. The first-order valence-corrected chi connectivity index (χ1v) is 6.85. The summed E-state index contributed by atoms with van der Waals surface area (Å²) in [5.74, 6) is 1.98. The van der Waals surface area contributed by atoms with Crippen LogP contribution in [-0.2, 0) is 0 Å². The van der Waals surface area contributed by atoms with Crippen molar-refractivity contribution in [1.29, 1.82) is 0 Å². The average Bonchev–Trinajstić information content (AvgIpc) is 2.87. The first kappa shape index (κ1) is 11.7. The lowest BCUT2D eigenvalue weighted by Gasteiger charge is -2.29. The number of nitrogens with zero attached hydrogens (tertiary/aromatic N) is 3. The van der Waals surface area contributed by atoms with Gasteiger partial charge < -0.3 is 15.5 Å². The number of hydrogen-bond donors (Lipinski definition) is 2. The summed E-state index contributed by atoms with van der Waals surface area (Å²) in [7, 11) is 2.15. The zero-order valence-corrected chi connectivity index (χ0v) is 10.9. The molecule has 0 unspecified atom stereocenters. The summed E-state index contributed by atoms with van der Waals surface area (Å²) < 4.78 is 0.